The Morgan fingerprint density at radius 2 is 1.88 bits per heavy atom. The van der Waals surface area contributed by atoms with Crippen LogP contribution in [0.15, 0.2) is 0 Å². The van der Waals surface area contributed by atoms with Crippen LogP contribution in [0.5, 0.6) is 0 Å². The van der Waals surface area contributed by atoms with Crippen LogP contribution in [-0.4, -0.2) is 61.6 Å². The summed E-state index contributed by atoms with van der Waals surface area (Å²) in [6.45, 7) is 4.50. The minimum atomic E-state index is -3.87. The molecule has 0 radical (unpaired) electrons. The van der Waals surface area contributed by atoms with Crippen molar-refractivity contribution in [3.05, 3.63) is 0 Å². The quantitative estimate of drug-likeness (QED) is 0.411. The molecule has 1 unspecified atom stereocenters. The van der Waals surface area contributed by atoms with Gasteiger partial charge in [-0.25, -0.2) is 0 Å². The van der Waals surface area contributed by atoms with Crippen molar-refractivity contribution >= 4 is 16.1 Å². The van der Waals surface area contributed by atoms with Crippen LogP contribution in [0.1, 0.15) is 20.3 Å². The van der Waals surface area contributed by atoms with Crippen LogP contribution in [0, 0.1) is 5.92 Å². The van der Waals surface area contributed by atoms with E-state index < -0.39 is 21.7 Å². The number of rotatable bonds is 9. The first kappa shape index (κ1) is 16.7. The van der Waals surface area contributed by atoms with Crippen LogP contribution in [-0.2, 0) is 14.4 Å². The van der Waals surface area contributed by atoms with Crippen molar-refractivity contribution in [2.45, 2.75) is 26.5 Å². The van der Waals surface area contributed by atoms with Gasteiger partial charge in [0.05, 0.1) is 0 Å². The van der Waals surface area contributed by atoms with E-state index in [4.69, 9.17) is 5.11 Å². The molecule has 0 saturated heterocycles. The van der Waals surface area contributed by atoms with Crippen LogP contribution >= 0.6 is 0 Å². The third kappa shape index (κ3) is 7.59. The second-order valence-corrected chi connectivity index (χ2v) is 6.20. The molecule has 0 bridgehead atoms. The van der Waals surface area contributed by atoms with Gasteiger partial charge in [-0.3, -0.25) is 0 Å². The van der Waals surface area contributed by atoms with E-state index in [1.807, 2.05) is 13.8 Å². The van der Waals surface area contributed by atoms with Crippen LogP contribution in [0.4, 0.5) is 0 Å². The molecule has 1 atom stereocenters. The standard InChI is InChI=1S/C9H20BNO5S/c1-8(2)3-4-11(5-6-12)9(13)7-17(15,16)10-14/h8-9,12-13H,3-7H2,1-2H3. The monoisotopic (exact) mass is 265 g/mol. The fraction of sp³-hybridized carbons (Fsp3) is 1.00. The number of hydrogen-bond acceptors (Lipinski definition) is 6. The second-order valence-electron chi connectivity index (χ2n) is 4.35. The first-order valence-electron chi connectivity index (χ1n) is 5.53. The summed E-state index contributed by atoms with van der Waals surface area (Å²) in [7, 11) is -3.87. The molecule has 0 aromatic heterocycles. The number of aliphatic hydroxyl groups is 2. The summed E-state index contributed by atoms with van der Waals surface area (Å²) in [5.74, 6) is -0.222. The molecule has 0 amide bonds. The normalized spacial score (nSPS) is 14.0. The van der Waals surface area contributed by atoms with Gasteiger partial charge >= 0.3 is 102 Å². The zero-order valence-electron chi connectivity index (χ0n) is 10.2. The molecule has 100 valence electrons. The van der Waals surface area contributed by atoms with Crippen molar-refractivity contribution in [3.63, 3.8) is 0 Å². The topological polar surface area (TPSA) is 94.9 Å². The van der Waals surface area contributed by atoms with Gasteiger partial charge in [-0.15, -0.1) is 0 Å². The van der Waals surface area contributed by atoms with E-state index in [1.165, 1.54) is 4.90 Å². The molecule has 8 heteroatoms. The van der Waals surface area contributed by atoms with E-state index >= 15 is 0 Å². The maximum atomic E-state index is 11.0. The maximum absolute atomic E-state index is 11.0. The molecule has 0 aromatic rings. The second kappa shape index (κ2) is 7.91. The van der Waals surface area contributed by atoms with Gasteiger partial charge in [0, 0.05) is 0 Å². The first-order chi connectivity index (χ1) is 7.82. The summed E-state index contributed by atoms with van der Waals surface area (Å²) in [4.78, 5) is 1.46. The molecule has 0 saturated carbocycles. The summed E-state index contributed by atoms with van der Waals surface area (Å²) in [6.07, 6.45) is -0.635. The number of nitrogens with zero attached hydrogens (tertiary/aromatic N) is 1. The van der Waals surface area contributed by atoms with Crippen molar-refractivity contribution < 1.29 is 23.3 Å². The van der Waals surface area contributed by atoms with E-state index in [0.717, 1.165) is 6.42 Å². The Hall–Kier alpha value is -0.305. The fourth-order valence-electron chi connectivity index (χ4n) is 1.31. The van der Waals surface area contributed by atoms with Crippen molar-refractivity contribution in [2.75, 3.05) is 25.4 Å². The van der Waals surface area contributed by atoms with Crippen molar-refractivity contribution in [1.82, 2.24) is 4.90 Å². The Labute approximate surface area is 103 Å². The summed E-state index contributed by atoms with van der Waals surface area (Å²) >= 11 is 0. The number of aliphatic hydroxyl groups excluding tert-OH is 2. The predicted molar refractivity (Wildman–Crippen MR) is 64.3 cm³/mol. The van der Waals surface area contributed by atoms with Crippen molar-refractivity contribution in [2.24, 2.45) is 5.92 Å². The molecule has 0 rings (SSSR count). The van der Waals surface area contributed by atoms with Crippen LogP contribution in [0.25, 0.3) is 0 Å². The Bertz CT molecular complexity index is 319. The van der Waals surface area contributed by atoms with Crippen LogP contribution in [0.3, 0.4) is 0 Å². The van der Waals surface area contributed by atoms with Gasteiger partial charge in [-0.05, 0) is 0 Å². The molecule has 2 N–H and O–H groups in total. The Morgan fingerprint density at radius 1 is 1.29 bits per heavy atom. The third-order valence-electron chi connectivity index (χ3n) is 2.33. The summed E-state index contributed by atoms with van der Waals surface area (Å²) < 4.78 is 32.3. The molecule has 17 heavy (non-hydrogen) atoms. The zero-order chi connectivity index (χ0) is 13.5. The molecule has 0 aromatic carbocycles. The zero-order valence-corrected chi connectivity index (χ0v) is 11.1. The molecule has 0 aliphatic carbocycles. The molecular formula is C9H20BNO5S. The van der Waals surface area contributed by atoms with E-state index in [0.29, 0.717) is 12.5 Å². The fourth-order valence-corrected chi connectivity index (χ4v) is 2.02. The Morgan fingerprint density at radius 3 is 2.29 bits per heavy atom. The number of hydrogen-bond donors (Lipinski definition) is 2. The summed E-state index contributed by atoms with van der Waals surface area (Å²) in [6, 6.07) is 0. The molecule has 6 nitrogen and oxygen atoms in total. The predicted octanol–water partition coefficient (Wildman–Crippen LogP) is -0.975. The Balaban J connectivity index is 4.42. The van der Waals surface area contributed by atoms with Gasteiger partial charge in [0.1, 0.15) is 0 Å². The van der Waals surface area contributed by atoms with Crippen LogP contribution in [0.2, 0.25) is 0 Å². The molecule has 0 aliphatic heterocycles. The third-order valence-corrected chi connectivity index (χ3v) is 3.39. The van der Waals surface area contributed by atoms with E-state index in [9.17, 15) is 18.2 Å². The molecule has 0 fully saturated rings. The van der Waals surface area contributed by atoms with Crippen molar-refractivity contribution in [3.8, 4) is 0 Å². The first-order valence-corrected chi connectivity index (χ1v) is 7.25. The average Bonchev–Trinajstić information content (AvgIpc) is 2.23. The molecule has 0 heterocycles. The summed E-state index contributed by atoms with van der Waals surface area (Å²) in [5, 5.41) is 18.5. The summed E-state index contributed by atoms with van der Waals surface area (Å²) in [5.41, 5.74) is 0. The minimum absolute atomic E-state index is 0.157. The molecular weight excluding hydrogens is 245 g/mol. The van der Waals surface area contributed by atoms with E-state index in [-0.39, 0.29) is 19.6 Å². The molecule has 0 aliphatic rings. The van der Waals surface area contributed by atoms with E-state index in [1.54, 1.807) is 0 Å². The van der Waals surface area contributed by atoms with Crippen LogP contribution < -0.4 is 0 Å². The van der Waals surface area contributed by atoms with Crippen molar-refractivity contribution in [1.29, 1.82) is 0 Å². The van der Waals surface area contributed by atoms with Gasteiger partial charge in [0.2, 0.25) is 0 Å². The van der Waals surface area contributed by atoms with Gasteiger partial charge in [-0.1, -0.05) is 0 Å². The van der Waals surface area contributed by atoms with Gasteiger partial charge in [0.15, 0.2) is 0 Å². The SMILES string of the molecule is CC(C)CCN(CCO)C(O)CS(=O)(=O)B=O. The van der Waals surface area contributed by atoms with Gasteiger partial charge < -0.3 is 0 Å². The Kier molecular flexibility index (Phi) is 7.77. The van der Waals surface area contributed by atoms with Gasteiger partial charge in [0.25, 0.3) is 0 Å². The van der Waals surface area contributed by atoms with E-state index in [2.05, 4.69) is 0 Å². The molecule has 0 spiro atoms. The average molecular weight is 265 g/mol. The van der Waals surface area contributed by atoms with Gasteiger partial charge in [-0.2, -0.15) is 0 Å².